The highest BCUT2D eigenvalue weighted by atomic mass is 28.4. The van der Waals surface area contributed by atoms with Crippen molar-refractivity contribution in [2.24, 2.45) is 0 Å². The second kappa shape index (κ2) is 7.35. The molecule has 15 heavy (non-hydrogen) atoms. The van der Waals surface area contributed by atoms with Gasteiger partial charge in [0.15, 0.2) is 0 Å². The fourth-order valence-electron chi connectivity index (χ4n) is 1.91. The Balaban J connectivity index is 4.86. The lowest BCUT2D eigenvalue weighted by Gasteiger charge is -2.38. The average Bonchev–Trinajstić information content (AvgIpc) is 2.30. The topological polar surface area (TPSA) is 30.9 Å². The van der Waals surface area contributed by atoms with E-state index in [4.69, 9.17) is 13.3 Å². The summed E-state index contributed by atoms with van der Waals surface area (Å²) in [6.07, 6.45) is 0.726. The monoisotopic (exact) mass is 234 g/mol. The van der Waals surface area contributed by atoms with Gasteiger partial charge in [-0.25, -0.2) is 0 Å². The largest absolute Gasteiger partial charge is 0.518 e. The summed E-state index contributed by atoms with van der Waals surface area (Å²) < 4.78 is 16.5. The van der Waals surface area contributed by atoms with Crippen LogP contribution in [0, 0.1) is 6.92 Å². The minimum Gasteiger partial charge on any atom is -0.376 e. The van der Waals surface area contributed by atoms with Crippen LogP contribution in [-0.4, -0.2) is 53.8 Å². The van der Waals surface area contributed by atoms with Crippen molar-refractivity contribution in [3.8, 4) is 0 Å². The Morgan fingerprint density at radius 3 is 1.67 bits per heavy atom. The molecule has 0 amide bonds. The van der Waals surface area contributed by atoms with Gasteiger partial charge in [-0.2, -0.15) is 0 Å². The van der Waals surface area contributed by atoms with Gasteiger partial charge in [0.05, 0.1) is 5.67 Å². The SMILES string of the molecule is [CH2]CC(N(CC)CC)[Si](OC)(OC)OC. The Morgan fingerprint density at radius 2 is 1.47 bits per heavy atom. The lowest BCUT2D eigenvalue weighted by Crippen LogP contribution is -2.61. The van der Waals surface area contributed by atoms with E-state index in [-0.39, 0.29) is 5.67 Å². The van der Waals surface area contributed by atoms with Crippen LogP contribution < -0.4 is 0 Å². The maximum atomic E-state index is 5.49. The van der Waals surface area contributed by atoms with E-state index < -0.39 is 8.80 Å². The number of hydrogen-bond acceptors (Lipinski definition) is 4. The van der Waals surface area contributed by atoms with E-state index in [1.165, 1.54) is 0 Å². The first-order valence-corrected chi connectivity index (χ1v) is 7.14. The summed E-state index contributed by atoms with van der Waals surface area (Å²) in [5, 5.41) is 0. The molecule has 5 heteroatoms. The van der Waals surface area contributed by atoms with Gasteiger partial charge in [0, 0.05) is 21.3 Å². The second-order valence-corrected chi connectivity index (χ2v) is 6.34. The molecule has 0 spiro atoms. The fraction of sp³-hybridized carbons (Fsp3) is 0.900. The first-order valence-electron chi connectivity index (χ1n) is 5.34. The highest BCUT2D eigenvalue weighted by Gasteiger charge is 2.48. The summed E-state index contributed by atoms with van der Waals surface area (Å²) in [6, 6.07) is 0. The Bertz CT molecular complexity index is 152. The van der Waals surface area contributed by atoms with Crippen LogP contribution in [-0.2, 0) is 13.3 Å². The van der Waals surface area contributed by atoms with E-state index >= 15 is 0 Å². The lowest BCUT2D eigenvalue weighted by atomic mass is 10.4. The van der Waals surface area contributed by atoms with Gasteiger partial charge in [0.2, 0.25) is 0 Å². The predicted molar refractivity (Wildman–Crippen MR) is 63.5 cm³/mol. The molecular formula is C10H24NO3Si. The van der Waals surface area contributed by atoms with Crippen molar-refractivity contribution in [1.82, 2.24) is 4.90 Å². The normalized spacial score (nSPS) is 14.6. The summed E-state index contributed by atoms with van der Waals surface area (Å²) in [7, 11) is 2.34. The van der Waals surface area contributed by atoms with Gasteiger partial charge in [-0.05, 0) is 19.5 Å². The number of nitrogens with zero attached hydrogens (tertiary/aromatic N) is 1. The molecule has 4 nitrogen and oxygen atoms in total. The molecular weight excluding hydrogens is 210 g/mol. The maximum absolute atomic E-state index is 5.49. The van der Waals surface area contributed by atoms with Crippen molar-refractivity contribution >= 4 is 8.80 Å². The molecule has 1 radical (unpaired) electrons. The van der Waals surface area contributed by atoms with E-state index in [2.05, 4.69) is 25.7 Å². The molecule has 1 atom stereocenters. The number of hydrogen-bond donors (Lipinski definition) is 0. The third-order valence-electron chi connectivity index (χ3n) is 2.79. The van der Waals surface area contributed by atoms with Crippen LogP contribution in [0.15, 0.2) is 0 Å². The van der Waals surface area contributed by atoms with Crippen LogP contribution in [0.2, 0.25) is 0 Å². The van der Waals surface area contributed by atoms with Gasteiger partial charge >= 0.3 is 8.80 Å². The molecule has 0 rings (SSSR count). The first kappa shape index (κ1) is 15.1. The predicted octanol–water partition coefficient (Wildman–Crippen LogP) is 1.34. The second-order valence-electron chi connectivity index (χ2n) is 3.24. The van der Waals surface area contributed by atoms with Gasteiger partial charge in [-0.1, -0.05) is 20.8 Å². The molecule has 0 aliphatic heterocycles. The van der Waals surface area contributed by atoms with E-state index in [0.29, 0.717) is 0 Å². The number of rotatable bonds is 8. The third kappa shape index (κ3) is 3.25. The molecule has 1 unspecified atom stereocenters. The van der Waals surface area contributed by atoms with Gasteiger partial charge in [0.25, 0.3) is 0 Å². The van der Waals surface area contributed by atoms with Crippen molar-refractivity contribution in [1.29, 1.82) is 0 Å². The van der Waals surface area contributed by atoms with Crippen LogP contribution >= 0.6 is 0 Å². The van der Waals surface area contributed by atoms with Crippen LogP contribution in [0.4, 0.5) is 0 Å². The van der Waals surface area contributed by atoms with Crippen LogP contribution in [0.3, 0.4) is 0 Å². The summed E-state index contributed by atoms with van der Waals surface area (Å²) in [4.78, 5) is 2.27. The highest BCUT2D eigenvalue weighted by molar-refractivity contribution is 6.62. The third-order valence-corrected chi connectivity index (χ3v) is 5.97. The summed E-state index contributed by atoms with van der Waals surface area (Å²) in [5.74, 6) is 0. The van der Waals surface area contributed by atoms with Crippen LogP contribution in [0.5, 0.6) is 0 Å². The molecule has 0 aliphatic carbocycles. The molecule has 0 saturated carbocycles. The molecule has 0 fully saturated rings. The van der Waals surface area contributed by atoms with Crippen molar-refractivity contribution in [3.63, 3.8) is 0 Å². The van der Waals surface area contributed by atoms with Crippen molar-refractivity contribution in [3.05, 3.63) is 6.92 Å². The van der Waals surface area contributed by atoms with Crippen molar-refractivity contribution < 1.29 is 13.3 Å². The standard InChI is InChI=1S/C10H24NO3Si/c1-7-10(11(8-2)9-3)15(12-4,13-5)14-6/h10H,1,7-9H2,2-6H3. The molecule has 0 N–H and O–H groups in total. The zero-order valence-electron chi connectivity index (χ0n) is 10.6. The molecule has 0 aromatic rings. The van der Waals surface area contributed by atoms with E-state index in [0.717, 1.165) is 19.5 Å². The van der Waals surface area contributed by atoms with Gasteiger partial charge in [-0.15, -0.1) is 0 Å². The molecule has 0 bridgehead atoms. The van der Waals surface area contributed by atoms with Gasteiger partial charge < -0.3 is 13.3 Å². The van der Waals surface area contributed by atoms with E-state index in [1.54, 1.807) is 21.3 Å². The lowest BCUT2D eigenvalue weighted by molar-refractivity contribution is 0.0772. The Kier molecular flexibility index (Phi) is 7.38. The Hall–Kier alpha value is 0.0569. The summed E-state index contributed by atoms with van der Waals surface area (Å²) in [5.41, 5.74) is 0.132. The molecule has 0 aromatic carbocycles. The smallest absolute Gasteiger partial charge is 0.376 e. The Labute approximate surface area is 94.9 Å². The molecule has 91 valence electrons. The quantitative estimate of drug-likeness (QED) is 0.593. The molecule has 0 aliphatic rings. The zero-order chi connectivity index (χ0) is 11.9. The average molecular weight is 234 g/mol. The maximum Gasteiger partial charge on any atom is 0.518 e. The van der Waals surface area contributed by atoms with E-state index in [9.17, 15) is 0 Å². The first-order chi connectivity index (χ1) is 7.15. The van der Waals surface area contributed by atoms with Gasteiger partial charge in [-0.3, -0.25) is 4.90 Å². The summed E-state index contributed by atoms with van der Waals surface area (Å²) >= 11 is 0. The Morgan fingerprint density at radius 1 is 1.07 bits per heavy atom. The molecule has 0 heterocycles. The highest BCUT2D eigenvalue weighted by Crippen LogP contribution is 2.20. The van der Waals surface area contributed by atoms with Gasteiger partial charge in [0.1, 0.15) is 0 Å². The fourth-order valence-corrected chi connectivity index (χ4v) is 4.39. The molecule has 0 aromatic heterocycles. The minimum atomic E-state index is -2.59. The van der Waals surface area contributed by atoms with E-state index in [1.807, 2.05) is 0 Å². The summed E-state index contributed by atoms with van der Waals surface area (Å²) in [6.45, 7) is 10.1. The molecule has 0 saturated heterocycles. The van der Waals surface area contributed by atoms with Crippen LogP contribution in [0.25, 0.3) is 0 Å². The zero-order valence-corrected chi connectivity index (χ0v) is 11.6. The van der Waals surface area contributed by atoms with Crippen molar-refractivity contribution in [2.75, 3.05) is 34.4 Å². The van der Waals surface area contributed by atoms with Crippen LogP contribution in [0.1, 0.15) is 20.3 Å². The minimum absolute atomic E-state index is 0.132. The van der Waals surface area contributed by atoms with Crippen molar-refractivity contribution in [2.45, 2.75) is 25.9 Å².